The molecule has 4 aliphatic rings. The van der Waals surface area contributed by atoms with Crippen LogP contribution >= 0.6 is 22.7 Å². The van der Waals surface area contributed by atoms with Crippen molar-refractivity contribution in [3.8, 4) is 21.9 Å². The van der Waals surface area contributed by atoms with E-state index in [1.807, 2.05) is 28.7 Å². The van der Waals surface area contributed by atoms with Gasteiger partial charge in [0.15, 0.2) is 0 Å². The summed E-state index contributed by atoms with van der Waals surface area (Å²) in [5, 5.41) is 22.1. The topological polar surface area (TPSA) is 52.5 Å². The third-order valence-corrected chi connectivity index (χ3v) is 12.3. The molecule has 5 heteroatoms. The fourth-order valence-corrected chi connectivity index (χ4v) is 10.4. The maximum Gasteiger partial charge on any atom is 0.0991 e. The summed E-state index contributed by atoms with van der Waals surface area (Å²) in [6, 6.07) is 19.8. The maximum absolute atomic E-state index is 9.98. The molecule has 3 nitrogen and oxygen atoms in total. The molecular weight excluding hydrogens is 563 g/mol. The van der Waals surface area contributed by atoms with Crippen LogP contribution in [0.25, 0.3) is 48.6 Å². The number of rotatable bonds is 2. The molecular formula is C38H27N3S2. The standard InChI is InChI=1S/C38H27N3S2/c39-20-22-9-14-34(41-32-7-3-1-5-25(32)26-6-2-4-8-33(26)41)29(17-22)24-11-16-36-31(19-24)28-13-12-27-30-18-23(21-40)10-15-35(30)42-37(27)38(28)43-36/h1,3-5,7-8,10-11,14-18,22,24H,2,6,9,12-13,19H2. The molecule has 0 spiro atoms. The molecule has 3 aromatic heterocycles. The smallest absolute Gasteiger partial charge is 0.0991 e. The molecule has 9 rings (SSSR count). The van der Waals surface area contributed by atoms with Gasteiger partial charge in [0.1, 0.15) is 0 Å². The number of aromatic nitrogens is 1. The highest BCUT2D eigenvalue weighted by Crippen LogP contribution is 2.51. The molecule has 0 N–H and O–H groups in total. The van der Waals surface area contributed by atoms with Crippen molar-refractivity contribution in [1.82, 2.24) is 4.57 Å². The van der Waals surface area contributed by atoms with Crippen molar-refractivity contribution >= 4 is 61.5 Å². The minimum absolute atomic E-state index is 0.0995. The van der Waals surface area contributed by atoms with Crippen molar-refractivity contribution < 1.29 is 0 Å². The first-order valence-corrected chi connectivity index (χ1v) is 16.7. The van der Waals surface area contributed by atoms with E-state index >= 15 is 0 Å². The Morgan fingerprint density at radius 1 is 0.860 bits per heavy atom. The van der Waals surface area contributed by atoms with E-state index in [4.69, 9.17) is 0 Å². The SMILES string of the molecule is N#Cc1ccc2sc3c(c2c1)CCc1c-3sc2c1CC(C1=CC(C#N)CC=C1n1c3c(c4ccccc41)CCC=C3)C=C2. The Morgan fingerprint density at radius 2 is 1.74 bits per heavy atom. The molecule has 0 aliphatic heterocycles. The van der Waals surface area contributed by atoms with Crippen molar-refractivity contribution in [3.63, 3.8) is 0 Å². The second kappa shape index (κ2) is 9.55. The largest absolute Gasteiger partial charge is 0.310 e. The Balaban J connectivity index is 1.14. The van der Waals surface area contributed by atoms with Crippen LogP contribution in [-0.4, -0.2) is 4.57 Å². The minimum atomic E-state index is -0.0995. The molecule has 3 heterocycles. The second-order valence-corrected chi connectivity index (χ2v) is 14.1. The van der Waals surface area contributed by atoms with E-state index in [9.17, 15) is 10.5 Å². The fraction of sp³-hybridized carbons (Fsp3) is 0.211. The highest BCUT2D eigenvalue weighted by molar-refractivity contribution is 7.26. The molecule has 2 unspecified atom stereocenters. The van der Waals surface area contributed by atoms with Gasteiger partial charge in [-0.05, 0) is 108 Å². The van der Waals surface area contributed by atoms with Gasteiger partial charge in [-0.15, -0.1) is 22.7 Å². The minimum Gasteiger partial charge on any atom is -0.310 e. The third kappa shape index (κ3) is 3.69. The van der Waals surface area contributed by atoms with Gasteiger partial charge in [0.2, 0.25) is 0 Å². The lowest BCUT2D eigenvalue weighted by atomic mass is 9.79. The molecule has 0 amide bonds. The lowest BCUT2D eigenvalue weighted by Gasteiger charge is -2.29. The molecule has 0 radical (unpaired) electrons. The molecule has 4 aliphatic carbocycles. The van der Waals surface area contributed by atoms with E-state index in [1.165, 1.54) is 74.8 Å². The molecule has 206 valence electrons. The van der Waals surface area contributed by atoms with Crippen molar-refractivity contribution in [2.45, 2.75) is 38.5 Å². The van der Waals surface area contributed by atoms with Crippen LogP contribution in [0.15, 0.2) is 72.3 Å². The average Bonchev–Trinajstić information content (AvgIpc) is 3.73. The summed E-state index contributed by atoms with van der Waals surface area (Å²) in [6.07, 6.45) is 19.9. The Kier molecular flexibility index (Phi) is 5.57. The normalized spacial score (nSPS) is 20.0. The molecule has 0 saturated heterocycles. The van der Waals surface area contributed by atoms with Gasteiger partial charge in [-0.3, -0.25) is 0 Å². The summed E-state index contributed by atoms with van der Waals surface area (Å²) in [6.45, 7) is 0. The van der Waals surface area contributed by atoms with Gasteiger partial charge in [0.05, 0.1) is 29.1 Å². The molecule has 0 bridgehead atoms. The number of para-hydroxylation sites is 1. The number of benzene rings is 2. The van der Waals surface area contributed by atoms with Crippen LogP contribution in [0.4, 0.5) is 0 Å². The van der Waals surface area contributed by atoms with Gasteiger partial charge < -0.3 is 4.57 Å². The Labute approximate surface area is 258 Å². The fourth-order valence-electron chi connectivity index (χ4n) is 7.73. The van der Waals surface area contributed by atoms with Crippen molar-refractivity contribution in [2.24, 2.45) is 11.8 Å². The first-order valence-electron chi connectivity index (χ1n) is 15.1. The van der Waals surface area contributed by atoms with E-state index in [1.54, 1.807) is 0 Å². The second-order valence-electron chi connectivity index (χ2n) is 12.0. The van der Waals surface area contributed by atoms with Gasteiger partial charge in [0.25, 0.3) is 0 Å². The van der Waals surface area contributed by atoms with Gasteiger partial charge in [0, 0.05) is 42.0 Å². The first-order chi connectivity index (χ1) is 21.2. The number of thiophene rings is 2. The summed E-state index contributed by atoms with van der Waals surface area (Å²) in [5.41, 5.74) is 11.7. The summed E-state index contributed by atoms with van der Waals surface area (Å²) >= 11 is 3.82. The van der Waals surface area contributed by atoms with Crippen molar-refractivity contribution in [1.29, 1.82) is 10.5 Å². The Morgan fingerprint density at radius 3 is 2.65 bits per heavy atom. The zero-order valence-electron chi connectivity index (χ0n) is 23.6. The molecule has 2 aromatic carbocycles. The lowest BCUT2D eigenvalue weighted by molar-refractivity contribution is 0.717. The highest BCUT2D eigenvalue weighted by atomic mass is 32.1. The summed E-state index contributed by atoms with van der Waals surface area (Å²) in [5.74, 6) is 0.123. The van der Waals surface area contributed by atoms with E-state index in [0.29, 0.717) is 0 Å². The first kappa shape index (κ1) is 25.1. The summed E-state index contributed by atoms with van der Waals surface area (Å²) < 4.78 is 3.75. The van der Waals surface area contributed by atoms with E-state index in [0.717, 1.165) is 44.1 Å². The quantitative estimate of drug-likeness (QED) is 0.206. The lowest BCUT2D eigenvalue weighted by Crippen LogP contribution is -2.18. The highest BCUT2D eigenvalue weighted by Gasteiger charge is 2.33. The molecule has 0 fully saturated rings. The van der Waals surface area contributed by atoms with Crippen LogP contribution in [0.1, 0.15) is 51.2 Å². The number of nitriles is 2. The number of fused-ring (bicyclic) bond motifs is 10. The third-order valence-electron chi connectivity index (χ3n) is 9.71. The van der Waals surface area contributed by atoms with Crippen LogP contribution in [0.5, 0.6) is 0 Å². The molecule has 43 heavy (non-hydrogen) atoms. The molecule has 0 saturated carbocycles. The van der Waals surface area contributed by atoms with Gasteiger partial charge in [-0.2, -0.15) is 10.5 Å². The van der Waals surface area contributed by atoms with Crippen LogP contribution < -0.4 is 0 Å². The van der Waals surface area contributed by atoms with Crippen molar-refractivity contribution in [2.75, 3.05) is 0 Å². The monoisotopic (exact) mass is 589 g/mol. The van der Waals surface area contributed by atoms with Gasteiger partial charge >= 0.3 is 0 Å². The summed E-state index contributed by atoms with van der Waals surface area (Å²) in [7, 11) is 0. The summed E-state index contributed by atoms with van der Waals surface area (Å²) in [4.78, 5) is 4.21. The molecule has 5 aromatic rings. The van der Waals surface area contributed by atoms with Crippen molar-refractivity contribution in [3.05, 3.63) is 111 Å². The Bertz CT molecular complexity index is 2230. The van der Waals surface area contributed by atoms with Crippen LogP contribution in [-0.2, 0) is 25.7 Å². The Hall–Kier alpha value is -4.42. The maximum atomic E-state index is 9.98. The van der Waals surface area contributed by atoms with Crippen LogP contribution in [0.3, 0.4) is 0 Å². The number of hydrogen-bond acceptors (Lipinski definition) is 4. The number of nitrogens with zero attached hydrogens (tertiary/aromatic N) is 3. The van der Waals surface area contributed by atoms with Crippen LogP contribution in [0, 0.1) is 34.5 Å². The van der Waals surface area contributed by atoms with E-state index in [-0.39, 0.29) is 11.8 Å². The number of hydrogen-bond donors (Lipinski definition) is 0. The van der Waals surface area contributed by atoms with Gasteiger partial charge in [-0.1, -0.05) is 42.5 Å². The zero-order valence-corrected chi connectivity index (χ0v) is 25.2. The predicted octanol–water partition coefficient (Wildman–Crippen LogP) is 9.71. The van der Waals surface area contributed by atoms with E-state index in [2.05, 4.69) is 89.6 Å². The van der Waals surface area contributed by atoms with Gasteiger partial charge in [-0.25, -0.2) is 0 Å². The molecule has 2 atom stereocenters. The van der Waals surface area contributed by atoms with E-state index < -0.39 is 0 Å². The average molecular weight is 590 g/mol. The van der Waals surface area contributed by atoms with Crippen LogP contribution in [0.2, 0.25) is 0 Å². The number of allylic oxidation sites excluding steroid dienone is 6. The predicted molar refractivity (Wildman–Crippen MR) is 179 cm³/mol. The zero-order chi connectivity index (χ0) is 28.7. The number of aryl methyl sites for hydroxylation is 2.